The Kier molecular flexibility index (Phi) is 5.89. The second kappa shape index (κ2) is 8.58. The van der Waals surface area contributed by atoms with Gasteiger partial charge >= 0.3 is 0 Å². The Balaban J connectivity index is 1.60. The van der Waals surface area contributed by atoms with E-state index < -0.39 is 5.41 Å². The number of aromatic nitrogens is 1. The Labute approximate surface area is 178 Å². The average molecular weight is 406 g/mol. The number of nitrogens with one attached hydrogen (secondary N) is 1. The first-order valence-electron chi connectivity index (χ1n) is 11.1. The van der Waals surface area contributed by atoms with Crippen LogP contribution in [0, 0.1) is 17.3 Å². The lowest BCUT2D eigenvalue weighted by Gasteiger charge is -2.42. The second-order valence-corrected chi connectivity index (χ2v) is 8.94. The number of rotatable bonds is 6. The minimum Gasteiger partial charge on any atom is -0.356 e. The van der Waals surface area contributed by atoms with Crippen molar-refractivity contribution in [3.05, 3.63) is 54.4 Å². The summed E-state index contributed by atoms with van der Waals surface area (Å²) in [5.41, 5.74) is 2.79. The maximum Gasteiger partial charge on any atom is 0.228 e. The molecule has 4 rings (SSSR count). The quantitative estimate of drug-likeness (QED) is 0.797. The highest BCUT2D eigenvalue weighted by atomic mass is 16.2. The van der Waals surface area contributed by atoms with E-state index in [0.717, 1.165) is 42.5 Å². The number of carbonyl (C=O) groups excluding carboxylic acids is 2. The molecule has 2 aliphatic rings. The third-order valence-corrected chi connectivity index (χ3v) is 6.62. The van der Waals surface area contributed by atoms with Gasteiger partial charge < -0.3 is 10.2 Å². The van der Waals surface area contributed by atoms with Gasteiger partial charge in [-0.25, -0.2) is 0 Å². The molecule has 2 aromatic rings. The van der Waals surface area contributed by atoms with Crippen LogP contribution in [0.4, 0.5) is 0 Å². The molecule has 3 atom stereocenters. The van der Waals surface area contributed by atoms with Gasteiger partial charge in [0.15, 0.2) is 0 Å². The first-order valence-corrected chi connectivity index (χ1v) is 11.1. The molecular formula is C25H31N3O2. The standard InChI is InChI=1S/C25H31N3O2/c1-3-27-24(30)25(10-5-13-28(17-25)23(29)22-14-18(22)2)16-19-6-4-7-21(15-19)20-8-11-26-12-9-20/h4,6-9,11-12,15,18,22H,3,5,10,13-14,16-17H2,1-2H3,(H,27,30)/t18-,22+,25+/m1/s1. The molecule has 1 aliphatic carbocycles. The van der Waals surface area contributed by atoms with E-state index >= 15 is 0 Å². The van der Waals surface area contributed by atoms with Crippen molar-refractivity contribution in [2.45, 2.75) is 39.5 Å². The molecule has 0 bridgehead atoms. The van der Waals surface area contributed by atoms with Gasteiger partial charge in [-0.15, -0.1) is 0 Å². The zero-order valence-electron chi connectivity index (χ0n) is 17.9. The van der Waals surface area contributed by atoms with Crippen LogP contribution in [0.5, 0.6) is 0 Å². The number of hydrogen-bond donors (Lipinski definition) is 1. The van der Waals surface area contributed by atoms with Gasteiger partial charge in [-0.2, -0.15) is 0 Å². The van der Waals surface area contributed by atoms with Crippen molar-refractivity contribution in [3.8, 4) is 11.1 Å². The number of likely N-dealkylation sites (tertiary alicyclic amines) is 1. The van der Waals surface area contributed by atoms with E-state index in [1.54, 1.807) is 12.4 Å². The van der Waals surface area contributed by atoms with Gasteiger partial charge in [0.05, 0.1) is 5.41 Å². The topological polar surface area (TPSA) is 62.3 Å². The van der Waals surface area contributed by atoms with Crippen LogP contribution in [0.3, 0.4) is 0 Å². The monoisotopic (exact) mass is 405 g/mol. The normalized spacial score (nSPS) is 25.6. The fraction of sp³-hybridized carbons (Fsp3) is 0.480. The summed E-state index contributed by atoms with van der Waals surface area (Å²) < 4.78 is 0. The number of benzene rings is 1. The van der Waals surface area contributed by atoms with E-state index in [2.05, 4.69) is 35.4 Å². The van der Waals surface area contributed by atoms with Crippen LogP contribution < -0.4 is 5.32 Å². The van der Waals surface area contributed by atoms with Crippen LogP contribution in [0.1, 0.15) is 38.7 Å². The molecular weight excluding hydrogens is 374 g/mol. The number of hydrogen-bond acceptors (Lipinski definition) is 3. The Hall–Kier alpha value is -2.69. The van der Waals surface area contributed by atoms with Crippen LogP contribution in [-0.2, 0) is 16.0 Å². The van der Waals surface area contributed by atoms with Gasteiger partial charge in [-0.05, 0) is 67.3 Å². The third-order valence-electron chi connectivity index (χ3n) is 6.62. The first-order chi connectivity index (χ1) is 14.5. The zero-order valence-corrected chi connectivity index (χ0v) is 17.9. The fourth-order valence-electron chi connectivity index (χ4n) is 4.77. The van der Waals surface area contributed by atoms with Crippen molar-refractivity contribution in [1.29, 1.82) is 0 Å². The number of carbonyl (C=O) groups is 2. The Morgan fingerprint density at radius 1 is 1.20 bits per heavy atom. The third kappa shape index (κ3) is 4.25. The second-order valence-electron chi connectivity index (χ2n) is 8.94. The highest BCUT2D eigenvalue weighted by molar-refractivity contribution is 5.86. The zero-order chi connectivity index (χ0) is 21.1. The summed E-state index contributed by atoms with van der Waals surface area (Å²) in [5, 5.41) is 3.05. The van der Waals surface area contributed by atoms with E-state index in [1.807, 2.05) is 30.0 Å². The summed E-state index contributed by atoms with van der Waals surface area (Å²) in [7, 11) is 0. The minimum atomic E-state index is -0.571. The van der Waals surface area contributed by atoms with Gasteiger partial charge in [0, 0.05) is 37.9 Å². The van der Waals surface area contributed by atoms with Crippen LogP contribution in [0.25, 0.3) is 11.1 Å². The van der Waals surface area contributed by atoms with Crippen molar-refractivity contribution < 1.29 is 9.59 Å². The minimum absolute atomic E-state index is 0.0701. The Morgan fingerprint density at radius 3 is 2.67 bits per heavy atom. The lowest BCUT2D eigenvalue weighted by Crippen LogP contribution is -2.54. The summed E-state index contributed by atoms with van der Waals surface area (Å²) in [6, 6.07) is 12.4. The van der Waals surface area contributed by atoms with Crippen LogP contribution in [0.15, 0.2) is 48.8 Å². The molecule has 158 valence electrons. The lowest BCUT2D eigenvalue weighted by atomic mass is 9.74. The highest BCUT2D eigenvalue weighted by Gasteiger charge is 2.47. The Morgan fingerprint density at radius 2 is 1.97 bits per heavy atom. The van der Waals surface area contributed by atoms with E-state index in [1.165, 1.54) is 0 Å². The van der Waals surface area contributed by atoms with Crippen molar-refractivity contribution in [1.82, 2.24) is 15.2 Å². The van der Waals surface area contributed by atoms with E-state index in [4.69, 9.17) is 0 Å². The molecule has 1 aromatic carbocycles. The van der Waals surface area contributed by atoms with Gasteiger partial charge in [0.25, 0.3) is 0 Å². The predicted molar refractivity (Wildman–Crippen MR) is 118 cm³/mol. The number of piperidine rings is 1. The van der Waals surface area contributed by atoms with Crippen molar-refractivity contribution in [2.75, 3.05) is 19.6 Å². The molecule has 1 aromatic heterocycles. The molecule has 2 amide bonds. The van der Waals surface area contributed by atoms with Crippen molar-refractivity contribution >= 4 is 11.8 Å². The smallest absolute Gasteiger partial charge is 0.228 e. The molecule has 0 radical (unpaired) electrons. The molecule has 1 aliphatic heterocycles. The lowest BCUT2D eigenvalue weighted by molar-refractivity contribution is -0.142. The maximum atomic E-state index is 13.2. The van der Waals surface area contributed by atoms with E-state index in [9.17, 15) is 9.59 Å². The van der Waals surface area contributed by atoms with E-state index in [-0.39, 0.29) is 17.7 Å². The van der Waals surface area contributed by atoms with Gasteiger partial charge in [0.1, 0.15) is 0 Å². The largest absolute Gasteiger partial charge is 0.356 e. The molecule has 0 spiro atoms. The van der Waals surface area contributed by atoms with Crippen LogP contribution in [-0.4, -0.2) is 41.3 Å². The molecule has 2 fully saturated rings. The predicted octanol–water partition coefficient (Wildman–Crippen LogP) is 3.69. The maximum absolute atomic E-state index is 13.2. The van der Waals surface area contributed by atoms with Gasteiger partial charge in [-0.3, -0.25) is 14.6 Å². The number of nitrogens with zero attached hydrogens (tertiary/aromatic N) is 2. The summed E-state index contributed by atoms with van der Waals surface area (Å²) >= 11 is 0. The fourth-order valence-corrected chi connectivity index (χ4v) is 4.77. The SMILES string of the molecule is CCNC(=O)[C@]1(Cc2cccc(-c3ccncc3)c2)CCCN(C(=O)[C@H]2C[C@H]2C)C1. The summed E-state index contributed by atoms with van der Waals surface area (Å²) in [6.45, 7) is 5.97. The van der Waals surface area contributed by atoms with Crippen molar-refractivity contribution in [3.63, 3.8) is 0 Å². The summed E-state index contributed by atoms with van der Waals surface area (Å²) in [4.78, 5) is 32.2. The molecule has 5 heteroatoms. The van der Waals surface area contributed by atoms with Crippen LogP contribution >= 0.6 is 0 Å². The molecule has 2 heterocycles. The molecule has 0 unspecified atom stereocenters. The average Bonchev–Trinajstić information content (AvgIpc) is 3.51. The molecule has 5 nitrogen and oxygen atoms in total. The Bertz CT molecular complexity index is 914. The van der Waals surface area contributed by atoms with Gasteiger partial charge in [-0.1, -0.05) is 31.2 Å². The van der Waals surface area contributed by atoms with Gasteiger partial charge in [0.2, 0.25) is 11.8 Å². The number of amides is 2. The highest BCUT2D eigenvalue weighted by Crippen LogP contribution is 2.42. The molecule has 30 heavy (non-hydrogen) atoms. The van der Waals surface area contributed by atoms with Crippen molar-refractivity contribution in [2.24, 2.45) is 17.3 Å². The summed E-state index contributed by atoms with van der Waals surface area (Å²) in [6.07, 6.45) is 6.89. The first kappa shape index (κ1) is 20.6. The number of pyridine rings is 1. The molecule has 1 N–H and O–H groups in total. The molecule has 1 saturated carbocycles. The van der Waals surface area contributed by atoms with Crippen LogP contribution in [0.2, 0.25) is 0 Å². The molecule has 1 saturated heterocycles. The summed E-state index contributed by atoms with van der Waals surface area (Å²) in [5.74, 6) is 0.947. The van der Waals surface area contributed by atoms with E-state index in [0.29, 0.717) is 25.4 Å².